The molecule has 3 rings (SSSR count). The summed E-state index contributed by atoms with van der Waals surface area (Å²) in [6.45, 7) is 4.48. The molecule has 0 aromatic heterocycles. The van der Waals surface area contributed by atoms with Crippen LogP contribution in [0.5, 0.6) is 0 Å². The lowest BCUT2D eigenvalue weighted by atomic mass is 9.85. The lowest BCUT2D eigenvalue weighted by Gasteiger charge is -2.34. The summed E-state index contributed by atoms with van der Waals surface area (Å²) in [5.74, 6) is 1.06. The molecule has 114 valence electrons. The van der Waals surface area contributed by atoms with E-state index < -0.39 is 0 Å². The van der Waals surface area contributed by atoms with Gasteiger partial charge in [0.25, 0.3) is 0 Å². The maximum absolute atomic E-state index is 12.7. The summed E-state index contributed by atoms with van der Waals surface area (Å²) >= 11 is 0. The Labute approximate surface area is 122 Å². The summed E-state index contributed by atoms with van der Waals surface area (Å²) < 4.78 is 5.71. The van der Waals surface area contributed by atoms with Crippen LogP contribution in [0.3, 0.4) is 0 Å². The second kappa shape index (κ2) is 6.44. The van der Waals surface area contributed by atoms with E-state index in [9.17, 15) is 4.79 Å². The fraction of sp³-hybridized carbons (Fsp3) is 0.938. The number of piperidine rings is 1. The first kappa shape index (κ1) is 14.3. The van der Waals surface area contributed by atoms with Crippen LogP contribution in [-0.2, 0) is 9.53 Å². The summed E-state index contributed by atoms with van der Waals surface area (Å²) in [4.78, 5) is 14.7. The molecule has 1 N–H and O–H groups in total. The topological polar surface area (TPSA) is 41.6 Å². The number of amides is 1. The third-order valence-electron chi connectivity index (χ3n) is 5.25. The van der Waals surface area contributed by atoms with E-state index in [0.717, 1.165) is 44.9 Å². The second-order valence-corrected chi connectivity index (χ2v) is 6.61. The Hall–Kier alpha value is -0.610. The van der Waals surface area contributed by atoms with Crippen molar-refractivity contribution in [3.8, 4) is 0 Å². The van der Waals surface area contributed by atoms with Crippen molar-refractivity contribution in [3.05, 3.63) is 0 Å². The fourth-order valence-electron chi connectivity index (χ4n) is 4.24. The van der Waals surface area contributed by atoms with E-state index in [2.05, 4.69) is 5.32 Å². The van der Waals surface area contributed by atoms with Crippen LogP contribution in [0.4, 0.5) is 0 Å². The Morgan fingerprint density at radius 3 is 2.90 bits per heavy atom. The molecule has 3 aliphatic rings. The minimum atomic E-state index is 0.0727. The van der Waals surface area contributed by atoms with Crippen LogP contribution in [0.15, 0.2) is 0 Å². The van der Waals surface area contributed by atoms with Gasteiger partial charge in [0, 0.05) is 25.7 Å². The van der Waals surface area contributed by atoms with Gasteiger partial charge in [-0.3, -0.25) is 4.79 Å². The molecule has 2 saturated heterocycles. The Morgan fingerprint density at radius 2 is 2.10 bits per heavy atom. The zero-order chi connectivity index (χ0) is 13.9. The third kappa shape index (κ3) is 3.01. The second-order valence-electron chi connectivity index (χ2n) is 6.61. The number of nitrogens with one attached hydrogen (secondary N) is 1. The van der Waals surface area contributed by atoms with Crippen LogP contribution in [0.2, 0.25) is 0 Å². The largest absolute Gasteiger partial charge is 0.377 e. The van der Waals surface area contributed by atoms with Crippen molar-refractivity contribution in [1.29, 1.82) is 0 Å². The molecular formula is C16H28N2O2. The number of rotatable bonds is 3. The summed E-state index contributed by atoms with van der Waals surface area (Å²) in [7, 11) is 0. The van der Waals surface area contributed by atoms with E-state index in [-0.39, 0.29) is 12.1 Å². The minimum Gasteiger partial charge on any atom is -0.377 e. The highest BCUT2D eigenvalue weighted by Gasteiger charge is 2.40. The van der Waals surface area contributed by atoms with Crippen molar-refractivity contribution in [2.45, 2.75) is 70.1 Å². The SMILES string of the molecule is CCOC1CCCN(C(=O)C2CC3CCCCC3N2)C1. The predicted molar refractivity (Wildman–Crippen MR) is 78.5 cm³/mol. The molecule has 0 spiro atoms. The highest BCUT2D eigenvalue weighted by atomic mass is 16.5. The highest BCUT2D eigenvalue weighted by Crippen LogP contribution is 2.34. The lowest BCUT2D eigenvalue weighted by Crippen LogP contribution is -2.50. The van der Waals surface area contributed by atoms with Gasteiger partial charge >= 0.3 is 0 Å². The number of carbonyl (C=O) groups excluding carboxylic acids is 1. The third-order valence-corrected chi connectivity index (χ3v) is 5.25. The fourth-order valence-corrected chi connectivity index (χ4v) is 4.24. The van der Waals surface area contributed by atoms with Gasteiger partial charge < -0.3 is 15.0 Å². The standard InChI is InChI=1S/C16H28N2O2/c1-2-20-13-7-5-9-18(11-13)16(19)15-10-12-6-3-4-8-14(12)17-15/h12-15,17H,2-11H2,1H3. The van der Waals surface area contributed by atoms with E-state index in [1.807, 2.05) is 11.8 Å². The van der Waals surface area contributed by atoms with Crippen molar-refractivity contribution in [1.82, 2.24) is 10.2 Å². The zero-order valence-electron chi connectivity index (χ0n) is 12.6. The van der Waals surface area contributed by atoms with E-state index >= 15 is 0 Å². The van der Waals surface area contributed by atoms with Gasteiger partial charge in [-0.25, -0.2) is 0 Å². The van der Waals surface area contributed by atoms with Gasteiger partial charge in [-0.2, -0.15) is 0 Å². The van der Waals surface area contributed by atoms with Gasteiger partial charge in [0.1, 0.15) is 0 Å². The lowest BCUT2D eigenvalue weighted by molar-refractivity contribution is -0.137. The van der Waals surface area contributed by atoms with Crippen LogP contribution >= 0.6 is 0 Å². The normalized spacial score (nSPS) is 37.8. The molecule has 0 aromatic carbocycles. The molecule has 3 fully saturated rings. The monoisotopic (exact) mass is 280 g/mol. The quantitative estimate of drug-likeness (QED) is 0.859. The van der Waals surface area contributed by atoms with Crippen LogP contribution < -0.4 is 5.32 Å². The van der Waals surface area contributed by atoms with E-state index in [4.69, 9.17) is 4.74 Å². The predicted octanol–water partition coefficient (Wildman–Crippen LogP) is 1.93. The summed E-state index contributed by atoms with van der Waals surface area (Å²) in [6, 6.07) is 0.675. The molecule has 4 heteroatoms. The molecule has 1 amide bonds. The van der Waals surface area contributed by atoms with Gasteiger partial charge in [0.05, 0.1) is 12.1 Å². The summed E-state index contributed by atoms with van der Waals surface area (Å²) in [5, 5.41) is 3.60. The molecule has 2 aliphatic heterocycles. The van der Waals surface area contributed by atoms with Gasteiger partial charge in [0.15, 0.2) is 0 Å². The molecule has 0 bridgehead atoms. The van der Waals surface area contributed by atoms with Crippen molar-refractivity contribution < 1.29 is 9.53 Å². The Morgan fingerprint density at radius 1 is 1.25 bits per heavy atom. The number of nitrogens with zero attached hydrogens (tertiary/aromatic N) is 1. The number of hydrogen-bond acceptors (Lipinski definition) is 3. The van der Waals surface area contributed by atoms with Crippen molar-refractivity contribution in [2.75, 3.05) is 19.7 Å². The maximum Gasteiger partial charge on any atom is 0.239 e. The summed E-state index contributed by atoms with van der Waals surface area (Å²) in [5.41, 5.74) is 0. The first-order valence-electron chi connectivity index (χ1n) is 8.44. The first-order chi connectivity index (χ1) is 9.78. The van der Waals surface area contributed by atoms with Gasteiger partial charge in [0.2, 0.25) is 5.91 Å². The van der Waals surface area contributed by atoms with Gasteiger partial charge in [-0.15, -0.1) is 0 Å². The van der Waals surface area contributed by atoms with Crippen LogP contribution in [0.25, 0.3) is 0 Å². The molecule has 0 radical (unpaired) electrons. The van der Waals surface area contributed by atoms with Crippen LogP contribution in [-0.4, -0.2) is 48.7 Å². The van der Waals surface area contributed by atoms with Gasteiger partial charge in [-0.05, 0) is 44.9 Å². The average Bonchev–Trinajstić information content (AvgIpc) is 2.91. The number of carbonyl (C=O) groups is 1. The molecule has 4 unspecified atom stereocenters. The van der Waals surface area contributed by atoms with Crippen molar-refractivity contribution in [3.63, 3.8) is 0 Å². The van der Waals surface area contributed by atoms with Crippen molar-refractivity contribution >= 4 is 5.91 Å². The smallest absolute Gasteiger partial charge is 0.239 e. The molecule has 4 nitrogen and oxygen atoms in total. The molecule has 1 saturated carbocycles. The Bertz CT molecular complexity index is 331. The molecule has 0 aromatic rings. The van der Waals surface area contributed by atoms with E-state index in [1.54, 1.807) is 0 Å². The minimum absolute atomic E-state index is 0.0727. The van der Waals surface area contributed by atoms with Crippen molar-refractivity contribution in [2.24, 2.45) is 5.92 Å². The van der Waals surface area contributed by atoms with Gasteiger partial charge in [-0.1, -0.05) is 12.8 Å². The molecule has 1 aliphatic carbocycles. The molecule has 20 heavy (non-hydrogen) atoms. The first-order valence-corrected chi connectivity index (χ1v) is 8.44. The Kier molecular flexibility index (Phi) is 4.61. The summed E-state index contributed by atoms with van der Waals surface area (Å²) in [6.07, 6.45) is 8.72. The number of ether oxygens (including phenoxy) is 1. The molecule has 4 atom stereocenters. The number of hydrogen-bond donors (Lipinski definition) is 1. The zero-order valence-corrected chi connectivity index (χ0v) is 12.6. The maximum atomic E-state index is 12.7. The average molecular weight is 280 g/mol. The van der Waals surface area contributed by atoms with Crippen LogP contribution in [0.1, 0.15) is 51.9 Å². The van der Waals surface area contributed by atoms with Crippen LogP contribution in [0, 0.1) is 5.92 Å². The molecular weight excluding hydrogens is 252 g/mol. The number of fused-ring (bicyclic) bond motifs is 1. The van der Waals surface area contributed by atoms with E-state index in [1.165, 1.54) is 25.7 Å². The highest BCUT2D eigenvalue weighted by molar-refractivity contribution is 5.82. The van der Waals surface area contributed by atoms with E-state index in [0.29, 0.717) is 11.9 Å². The number of likely N-dealkylation sites (tertiary alicyclic amines) is 1. The molecule has 2 heterocycles. The Balaban J connectivity index is 1.55.